The van der Waals surface area contributed by atoms with Crippen molar-refractivity contribution >= 4 is 0 Å². The summed E-state index contributed by atoms with van der Waals surface area (Å²) in [7, 11) is 3.35. The zero-order valence-electron chi connectivity index (χ0n) is 13.5. The van der Waals surface area contributed by atoms with Gasteiger partial charge in [-0.15, -0.1) is 0 Å². The molecule has 1 aromatic carbocycles. The summed E-state index contributed by atoms with van der Waals surface area (Å²) >= 11 is 0. The summed E-state index contributed by atoms with van der Waals surface area (Å²) in [5, 5.41) is 0. The fourth-order valence-electron chi connectivity index (χ4n) is 3.45. The molecule has 0 radical (unpaired) electrons. The van der Waals surface area contributed by atoms with Gasteiger partial charge in [0.05, 0.1) is 14.2 Å². The average Bonchev–Trinajstić information content (AvgIpc) is 3.00. The van der Waals surface area contributed by atoms with E-state index in [-0.39, 0.29) is 0 Å². The molecule has 1 aromatic rings. The van der Waals surface area contributed by atoms with Crippen LogP contribution in [0.15, 0.2) is 18.2 Å². The van der Waals surface area contributed by atoms with Gasteiger partial charge in [0.2, 0.25) is 0 Å². The van der Waals surface area contributed by atoms with Crippen molar-refractivity contribution in [2.24, 2.45) is 11.7 Å². The molecule has 2 atom stereocenters. The van der Waals surface area contributed by atoms with Crippen LogP contribution in [-0.4, -0.2) is 38.3 Å². The molecule has 0 saturated heterocycles. The number of hydrogen-bond acceptors (Lipinski definition) is 4. The number of benzene rings is 1. The van der Waals surface area contributed by atoms with E-state index in [1.165, 1.54) is 24.8 Å². The summed E-state index contributed by atoms with van der Waals surface area (Å²) in [5.41, 5.74) is 7.19. The highest BCUT2D eigenvalue weighted by Crippen LogP contribution is 2.32. The lowest BCUT2D eigenvalue weighted by Crippen LogP contribution is -2.39. The van der Waals surface area contributed by atoms with Crippen LogP contribution in [0.5, 0.6) is 11.5 Å². The Morgan fingerprint density at radius 2 is 1.95 bits per heavy atom. The first kappa shape index (κ1) is 16.1. The molecule has 2 N–H and O–H groups in total. The summed E-state index contributed by atoms with van der Waals surface area (Å²) in [6.07, 6.45) is 3.83. The zero-order valence-corrected chi connectivity index (χ0v) is 13.5. The van der Waals surface area contributed by atoms with Gasteiger partial charge in [0.15, 0.2) is 11.5 Å². The molecule has 118 valence electrons. The van der Waals surface area contributed by atoms with Gasteiger partial charge < -0.3 is 15.2 Å². The van der Waals surface area contributed by atoms with E-state index in [9.17, 15) is 0 Å². The second kappa shape index (κ2) is 7.66. The molecule has 0 bridgehead atoms. The van der Waals surface area contributed by atoms with Crippen molar-refractivity contribution in [2.75, 3.05) is 27.3 Å². The highest BCUT2D eigenvalue weighted by molar-refractivity contribution is 5.42. The maximum atomic E-state index is 5.93. The zero-order chi connectivity index (χ0) is 15.2. The average molecular weight is 292 g/mol. The van der Waals surface area contributed by atoms with Crippen LogP contribution in [0.1, 0.15) is 31.7 Å². The molecule has 1 saturated carbocycles. The molecule has 0 heterocycles. The summed E-state index contributed by atoms with van der Waals surface area (Å²) in [6, 6.07) is 6.80. The fraction of sp³-hybridized carbons (Fsp3) is 0.647. The number of ether oxygens (including phenoxy) is 2. The molecular formula is C17H28N2O2. The third-order valence-electron chi connectivity index (χ3n) is 4.63. The Morgan fingerprint density at radius 3 is 2.57 bits per heavy atom. The van der Waals surface area contributed by atoms with Crippen molar-refractivity contribution in [3.05, 3.63) is 23.8 Å². The SMILES string of the molecule is CCN(Cc1ccc(OC)c(OC)c1)C1CCCC1CN. The lowest BCUT2D eigenvalue weighted by atomic mass is 10.0. The largest absolute Gasteiger partial charge is 0.493 e. The van der Waals surface area contributed by atoms with Gasteiger partial charge in [-0.05, 0) is 49.5 Å². The van der Waals surface area contributed by atoms with E-state index in [0.717, 1.165) is 31.1 Å². The molecule has 2 rings (SSSR count). The Hall–Kier alpha value is -1.26. The van der Waals surface area contributed by atoms with Crippen LogP contribution in [0.3, 0.4) is 0 Å². The summed E-state index contributed by atoms with van der Waals surface area (Å²) in [5.74, 6) is 2.22. The summed E-state index contributed by atoms with van der Waals surface area (Å²) < 4.78 is 10.7. The van der Waals surface area contributed by atoms with Crippen molar-refractivity contribution in [1.82, 2.24) is 4.90 Å². The van der Waals surface area contributed by atoms with E-state index in [1.54, 1.807) is 14.2 Å². The van der Waals surface area contributed by atoms with Gasteiger partial charge in [0, 0.05) is 12.6 Å². The molecule has 0 amide bonds. The molecule has 1 fully saturated rings. The number of methoxy groups -OCH3 is 2. The molecule has 0 aromatic heterocycles. The van der Waals surface area contributed by atoms with E-state index in [2.05, 4.69) is 24.0 Å². The molecule has 1 aliphatic carbocycles. The third kappa shape index (κ3) is 3.69. The van der Waals surface area contributed by atoms with Crippen LogP contribution in [0, 0.1) is 5.92 Å². The van der Waals surface area contributed by atoms with Crippen molar-refractivity contribution < 1.29 is 9.47 Å². The van der Waals surface area contributed by atoms with E-state index < -0.39 is 0 Å². The van der Waals surface area contributed by atoms with Crippen LogP contribution >= 0.6 is 0 Å². The van der Waals surface area contributed by atoms with Crippen LogP contribution in [0.2, 0.25) is 0 Å². The van der Waals surface area contributed by atoms with Crippen molar-refractivity contribution in [1.29, 1.82) is 0 Å². The van der Waals surface area contributed by atoms with Gasteiger partial charge in [-0.2, -0.15) is 0 Å². The fourth-order valence-corrected chi connectivity index (χ4v) is 3.45. The minimum Gasteiger partial charge on any atom is -0.493 e. The van der Waals surface area contributed by atoms with Crippen molar-refractivity contribution in [3.8, 4) is 11.5 Å². The topological polar surface area (TPSA) is 47.7 Å². The molecule has 4 heteroatoms. The van der Waals surface area contributed by atoms with Gasteiger partial charge in [-0.3, -0.25) is 4.90 Å². The third-order valence-corrected chi connectivity index (χ3v) is 4.63. The normalized spacial score (nSPS) is 21.8. The van der Waals surface area contributed by atoms with Gasteiger partial charge >= 0.3 is 0 Å². The molecular weight excluding hydrogens is 264 g/mol. The Balaban J connectivity index is 2.11. The Labute approximate surface area is 128 Å². The first-order valence-electron chi connectivity index (χ1n) is 7.88. The summed E-state index contributed by atoms with van der Waals surface area (Å²) in [4.78, 5) is 2.55. The van der Waals surface area contributed by atoms with Crippen LogP contribution in [-0.2, 0) is 6.54 Å². The lowest BCUT2D eigenvalue weighted by molar-refractivity contribution is 0.162. The van der Waals surface area contributed by atoms with Gasteiger partial charge in [-0.1, -0.05) is 19.4 Å². The van der Waals surface area contributed by atoms with E-state index in [4.69, 9.17) is 15.2 Å². The van der Waals surface area contributed by atoms with E-state index in [0.29, 0.717) is 12.0 Å². The first-order valence-corrected chi connectivity index (χ1v) is 7.88. The number of nitrogens with two attached hydrogens (primary N) is 1. The molecule has 21 heavy (non-hydrogen) atoms. The minimum absolute atomic E-state index is 0.619. The Bertz CT molecular complexity index is 450. The predicted molar refractivity (Wildman–Crippen MR) is 85.8 cm³/mol. The van der Waals surface area contributed by atoms with Crippen molar-refractivity contribution in [3.63, 3.8) is 0 Å². The van der Waals surface area contributed by atoms with Crippen molar-refractivity contribution in [2.45, 2.75) is 38.8 Å². The molecule has 1 aliphatic rings. The van der Waals surface area contributed by atoms with Crippen LogP contribution < -0.4 is 15.2 Å². The van der Waals surface area contributed by atoms with Gasteiger partial charge in [0.1, 0.15) is 0 Å². The minimum atomic E-state index is 0.619. The number of rotatable bonds is 7. The highest BCUT2D eigenvalue weighted by Gasteiger charge is 2.30. The Kier molecular flexibility index (Phi) is 5.88. The summed E-state index contributed by atoms with van der Waals surface area (Å²) in [6.45, 7) is 5.02. The lowest BCUT2D eigenvalue weighted by Gasteiger charge is -2.32. The highest BCUT2D eigenvalue weighted by atomic mass is 16.5. The van der Waals surface area contributed by atoms with Crippen LogP contribution in [0.4, 0.5) is 0 Å². The van der Waals surface area contributed by atoms with Crippen LogP contribution in [0.25, 0.3) is 0 Å². The van der Waals surface area contributed by atoms with Gasteiger partial charge in [-0.25, -0.2) is 0 Å². The smallest absolute Gasteiger partial charge is 0.161 e. The standard InChI is InChI=1S/C17H28N2O2/c1-4-19(15-7-5-6-14(15)11-18)12-13-8-9-16(20-2)17(10-13)21-3/h8-10,14-15H,4-7,11-12,18H2,1-3H3. The molecule has 0 aliphatic heterocycles. The second-order valence-electron chi connectivity index (χ2n) is 5.75. The first-order chi connectivity index (χ1) is 10.2. The maximum Gasteiger partial charge on any atom is 0.161 e. The number of hydrogen-bond donors (Lipinski definition) is 1. The molecule has 0 spiro atoms. The monoisotopic (exact) mass is 292 g/mol. The number of nitrogens with zero attached hydrogens (tertiary/aromatic N) is 1. The van der Waals surface area contributed by atoms with Gasteiger partial charge in [0.25, 0.3) is 0 Å². The van der Waals surface area contributed by atoms with E-state index in [1.807, 2.05) is 6.07 Å². The molecule has 2 unspecified atom stereocenters. The maximum absolute atomic E-state index is 5.93. The predicted octanol–water partition coefficient (Wildman–Crippen LogP) is 2.65. The second-order valence-corrected chi connectivity index (χ2v) is 5.75. The molecule has 4 nitrogen and oxygen atoms in total. The quantitative estimate of drug-likeness (QED) is 0.839. The van der Waals surface area contributed by atoms with E-state index >= 15 is 0 Å². The Morgan fingerprint density at radius 1 is 1.19 bits per heavy atom.